The molecule has 1 aliphatic heterocycles. The molecule has 1 aliphatic rings. The molecular formula is C20H31FN2O. The van der Waals surface area contributed by atoms with E-state index in [0.717, 1.165) is 44.7 Å². The number of halogens is 1. The van der Waals surface area contributed by atoms with Gasteiger partial charge in [0.1, 0.15) is 5.82 Å². The van der Waals surface area contributed by atoms with Crippen molar-refractivity contribution >= 4 is 11.6 Å². The molecule has 1 saturated heterocycles. The van der Waals surface area contributed by atoms with Crippen LogP contribution in [0, 0.1) is 17.7 Å². The van der Waals surface area contributed by atoms with Gasteiger partial charge in [0.25, 0.3) is 0 Å². The van der Waals surface area contributed by atoms with E-state index in [2.05, 4.69) is 26.1 Å². The summed E-state index contributed by atoms with van der Waals surface area (Å²) in [4.78, 5) is 14.5. The molecule has 1 N–H and O–H groups in total. The topological polar surface area (TPSA) is 32.3 Å². The van der Waals surface area contributed by atoms with E-state index >= 15 is 0 Å². The van der Waals surface area contributed by atoms with Crippen molar-refractivity contribution in [1.29, 1.82) is 0 Å². The first-order chi connectivity index (χ1) is 11.5. The van der Waals surface area contributed by atoms with Gasteiger partial charge in [-0.25, -0.2) is 4.39 Å². The monoisotopic (exact) mass is 334 g/mol. The number of amides is 1. The molecule has 0 bridgehead atoms. The zero-order valence-electron chi connectivity index (χ0n) is 15.2. The van der Waals surface area contributed by atoms with E-state index in [4.69, 9.17) is 0 Å². The summed E-state index contributed by atoms with van der Waals surface area (Å²) in [6, 6.07) is 7.11. The summed E-state index contributed by atoms with van der Waals surface area (Å²) in [5.74, 6) is 0.760. The van der Waals surface area contributed by atoms with Gasteiger partial charge >= 0.3 is 0 Å². The zero-order chi connectivity index (χ0) is 17.5. The van der Waals surface area contributed by atoms with Gasteiger partial charge < -0.3 is 10.2 Å². The van der Waals surface area contributed by atoms with E-state index in [0.29, 0.717) is 5.69 Å². The van der Waals surface area contributed by atoms with Gasteiger partial charge in [-0.1, -0.05) is 38.8 Å². The van der Waals surface area contributed by atoms with Crippen LogP contribution in [-0.4, -0.2) is 25.0 Å². The summed E-state index contributed by atoms with van der Waals surface area (Å²) in [6.45, 7) is 8.02. The maximum Gasteiger partial charge on any atom is 0.223 e. The fourth-order valence-corrected chi connectivity index (χ4v) is 3.36. The Kier molecular flexibility index (Phi) is 7.07. The number of carbonyl (C=O) groups excluding carboxylic acids is 1. The number of carbonyl (C=O) groups is 1. The summed E-state index contributed by atoms with van der Waals surface area (Å²) in [7, 11) is 0. The van der Waals surface area contributed by atoms with Crippen molar-refractivity contribution in [2.45, 2.75) is 58.9 Å². The Bertz CT molecular complexity index is 524. The van der Waals surface area contributed by atoms with Gasteiger partial charge in [0.15, 0.2) is 0 Å². The third-order valence-electron chi connectivity index (χ3n) is 4.87. The first-order valence-corrected chi connectivity index (χ1v) is 9.27. The number of rotatable bonds is 7. The molecule has 1 atom stereocenters. The SMILES string of the molecule is CC(C)CCCC(C)NC(=O)C1CCN(c2ccccc2F)CC1. The van der Waals surface area contributed by atoms with E-state index in [1.807, 2.05) is 17.0 Å². The van der Waals surface area contributed by atoms with Crippen molar-refractivity contribution in [3.8, 4) is 0 Å². The van der Waals surface area contributed by atoms with Gasteiger partial charge in [-0.3, -0.25) is 4.79 Å². The van der Waals surface area contributed by atoms with Crippen molar-refractivity contribution in [3.63, 3.8) is 0 Å². The van der Waals surface area contributed by atoms with Gasteiger partial charge in [-0.15, -0.1) is 0 Å². The molecule has 0 aromatic heterocycles. The van der Waals surface area contributed by atoms with Crippen molar-refractivity contribution < 1.29 is 9.18 Å². The van der Waals surface area contributed by atoms with E-state index in [9.17, 15) is 9.18 Å². The van der Waals surface area contributed by atoms with Crippen LogP contribution < -0.4 is 10.2 Å². The highest BCUT2D eigenvalue weighted by Gasteiger charge is 2.26. The average molecular weight is 334 g/mol. The fourth-order valence-electron chi connectivity index (χ4n) is 3.36. The molecule has 1 aromatic carbocycles. The Morgan fingerprint density at radius 3 is 2.50 bits per heavy atom. The molecule has 1 aromatic rings. The van der Waals surface area contributed by atoms with E-state index in [1.165, 1.54) is 12.5 Å². The number of hydrogen-bond acceptors (Lipinski definition) is 2. The molecule has 0 radical (unpaired) electrons. The van der Waals surface area contributed by atoms with Crippen LogP contribution in [0.4, 0.5) is 10.1 Å². The van der Waals surface area contributed by atoms with Crippen molar-refractivity contribution in [2.75, 3.05) is 18.0 Å². The zero-order valence-corrected chi connectivity index (χ0v) is 15.2. The van der Waals surface area contributed by atoms with Crippen molar-refractivity contribution in [3.05, 3.63) is 30.1 Å². The lowest BCUT2D eigenvalue weighted by Crippen LogP contribution is -2.43. The van der Waals surface area contributed by atoms with Gasteiger partial charge in [0, 0.05) is 25.0 Å². The molecule has 0 aliphatic carbocycles. The minimum Gasteiger partial charge on any atom is -0.369 e. The van der Waals surface area contributed by atoms with Crippen molar-refractivity contribution in [2.24, 2.45) is 11.8 Å². The highest BCUT2D eigenvalue weighted by atomic mass is 19.1. The smallest absolute Gasteiger partial charge is 0.223 e. The van der Waals surface area contributed by atoms with Gasteiger partial charge in [-0.05, 0) is 44.2 Å². The van der Waals surface area contributed by atoms with Crippen LogP contribution in [0.25, 0.3) is 0 Å². The van der Waals surface area contributed by atoms with E-state index in [1.54, 1.807) is 6.07 Å². The number of anilines is 1. The van der Waals surface area contributed by atoms with Crippen LogP contribution in [0.15, 0.2) is 24.3 Å². The molecule has 1 amide bonds. The first-order valence-electron chi connectivity index (χ1n) is 9.27. The third kappa shape index (κ3) is 5.50. The van der Waals surface area contributed by atoms with E-state index in [-0.39, 0.29) is 23.7 Å². The van der Waals surface area contributed by atoms with Crippen LogP contribution in [0.2, 0.25) is 0 Å². The Morgan fingerprint density at radius 1 is 1.21 bits per heavy atom. The lowest BCUT2D eigenvalue weighted by atomic mass is 9.94. The second-order valence-electron chi connectivity index (χ2n) is 7.45. The van der Waals surface area contributed by atoms with Crippen molar-refractivity contribution in [1.82, 2.24) is 5.32 Å². The van der Waals surface area contributed by atoms with Crippen LogP contribution in [-0.2, 0) is 4.79 Å². The molecule has 24 heavy (non-hydrogen) atoms. The van der Waals surface area contributed by atoms with Crippen LogP contribution in [0.3, 0.4) is 0 Å². The molecule has 1 unspecified atom stereocenters. The predicted octanol–water partition coefficient (Wildman–Crippen LogP) is 4.37. The van der Waals surface area contributed by atoms with Gasteiger partial charge in [-0.2, -0.15) is 0 Å². The third-order valence-corrected chi connectivity index (χ3v) is 4.87. The van der Waals surface area contributed by atoms with E-state index < -0.39 is 0 Å². The summed E-state index contributed by atoms with van der Waals surface area (Å²) in [5, 5.41) is 3.16. The lowest BCUT2D eigenvalue weighted by molar-refractivity contribution is -0.126. The minimum atomic E-state index is -0.181. The summed E-state index contributed by atoms with van der Waals surface area (Å²) in [6.07, 6.45) is 4.99. The molecule has 3 nitrogen and oxygen atoms in total. The highest BCUT2D eigenvalue weighted by Crippen LogP contribution is 2.25. The Balaban J connectivity index is 1.75. The molecule has 2 rings (SSSR count). The molecule has 0 saturated carbocycles. The van der Waals surface area contributed by atoms with Crippen LogP contribution in [0.5, 0.6) is 0 Å². The molecular weight excluding hydrogens is 303 g/mol. The number of benzene rings is 1. The normalized spacial score (nSPS) is 17.1. The number of nitrogens with one attached hydrogen (secondary N) is 1. The molecule has 1 heterocycles. The molecule has 0 spiro atoms. The average Bonchev–Trinajstić information content (AvgIpc) is 2.55. The number of para-hydroxylation sites is 1. The Morgan fingerprint density at radius 2 is 1.88 bits per heavy atom. The maximum absolute atomic E-state index is 13.9. The molecule has 4 heteroatoms. The minimum absolute atomic E-state index is 0.0561. The summed E-state index contributed by atoms with van der Waals surface area (Å²) in [5.41, 5.74) is 0.651. The largest absolute Gasteiger partial charge is 0.369 e. The quantitative estimate of drug-likeness (QED) is 0.803. The number of hydrogen-bond donors (Lipinski definition) is 1. The molecule has 1 fully saturated rings. The summed E-state index contributed by atoms with van der Waals surface area (Å²) < 4.78 is 13.9. The van der Waals surface area contributed by atoms with Crippen LogP contribution in [0.1, 0.15) is 52.9 Å². The maximum atomic E-state index is 13.9. The predicted molar refractivity (Wildman–Crippen MR) is 97.6 cm³/mol. The second-order valence-corrected chi connectivity index (χ2v) is 7.45. The first kappa shape index (κ1) is 18.8. The standard InChI is InChI=1S/C20H31FN2O/c1-15(2)7-6-8-16(3)22-20(24)17-11-13-23(14-12-17)19-10-5-4-9-18(19)21/h4-5,9-10,15-17H,6-8,11-14H2,1-3H3,(H,22,24). The number of piperidine rings is 1. The summed E-state index contributed by atoms with van der Waals surface area (Å²) >= 11 is 0. The van der Waals surface area contributed by atoms with Crippen LogP contribution >= 0.6 is 0 Å². The Labute approximate surface area is 145 Å². The lowest BCUT2D eigenvalue weighted by Gasteiger charge is -2.33. The number of nitrogens with zero attached hydrogens (tertiary/aromatic N) is 1. The fraction of sp³-hybridized carbons (Fsp3) is 0.650. The Hall–Kier alpha value is -1.58. The van der Waals surface area contributed by atoms with Gasteiger partial charge in [0.2, 0.25) is 5.91 Å². The molecule has 134 valence electrons. The second kappa shape index (κ2) is 9.05. The van der Waals surface area contributed by atoms with Gasteiger partial charge in [0.05, 0.1) is 5.69 Å². The highest BCUT2D eigenvalue weighted by molar-refractivity contribution is 5.79.